The Morgan fingerprint density at radius 3 is 2.77 bits per heavy atom. The van der Waals surface area contributed by atoms with E-state index in [9.17, 15) is 9.59 Å². The molecule has 0 aromatic heterocycles. The minimum Gasteiger partial charge on any atom is -0.354 e. The summed E-state index contributed by atoms with van der Waals surface area (Å²) in [5.41, 5.74) is -0.654. The smallest absolute Gasteiger partial charge is 0.329 e. The molecule has 2 aliphatic rings. The molecule has 6 heteroatoms. The number of hydrogen-bond acceptors (Lipinski definition) is 3. The van der Waals surface area contributed by atoms with E-state index >= 15 is 0 Å². The molecule has 3 amide bonds. The Morgan fingerprint density at radius 2 is 2.18 bits per heavy atom. The monoisotopic (exact) mass is 422 g/mol. The van der Waals surface area contributed by atoms with Crippen molar-refractivity contribution in [3.63, 3.8) is 0 Å². The lowest BCUT2D eigenvalue weighted by atomic mass is 9.97. The van der Waals surface area contributed by atoms with Crippen molar-refractivity contribution in [1.82, 2.24) is 9.80 Å². The molecule has 22 heavy (non-hydrogen) atoms. The lowest BCUT2D eigenvalue weighted by Gasteiger charge is -2.42. The van der Waals surface area contributed by atoms with Crippen molar-refractivity contribution in [1.29, 1.82) is 0 Å². The van der Waals surface area contributed by atoms with Crippen LogP contribution in [0.1, 0.15) is 53.4 Å². The maximum Gasteiger partial charge on any atom is 0.329 e. The van der Waals surface area contributed by atoms with Crippen LogP contribution >= 0.6 is 22.6 Å². The Bertz CT molecular complexity index is 441. The van der Waals surface area contributed by atoms with Gasteiger partial charge in [-0.05, 0) is 32.6 Å². The molecular formula is C16H27IN2O3. The number of nitrogens with zero attached hydrogens (tertiary/aromatic N) is 2. The van der Waals surface area contributed by atoms with E-state index in [4.69, 9.17) is 4.74 Å². The van der Waals surface area contributed by atoms with E-state index in [1.165, 1.54) is 4.90 Å². The fourth-order valence-electron chi connectivity index (χ4n) is 3.36. The Morgan fingerprint density at radius 1 is 1.50 bits per heavy atom. The highest BCUT2D eigenvalue weighted by Crippen LogP contribution is 2.34. The van der Waals surface area contributed by atoms with E-state index in [0.29, 0.717) is 18.9 Å². The third-order valence-electron chi connectivity index (χ3n) is 4.97. The van der Waals surface area contributed by atoms with Gasteiger partial charge in [0.05, 0.1) is 18.7 Å². The molecule has 2 aliphatic heterocycles. The van der Waals surface area contributed by atoms with E-state index < -0.39 is 5.72 Å². The summed E-state index contributed by atoms with van der Waals surface area (Å²) in [4.78, 5) is 28.8. The topological polar surface area (TPSA) is 49.9 Å². The van der Waals surface area contributed by atoms with Crippen LogP contribution in [0.25, 0.3) is 0 Å². The molecule has 0 bridgehead atoms. The lowest BCUT2D eigenvalue weighted by molar-refractivity contribution is -0.133. The SMILES string of the molecule is CC[C@@H](C)[C@H]1COC(C)(C)N1C(=O)N1C(=O)CCC[C@@H]1CI. The van der Waals surface area contributed by atoms with Gasteiger partial charge in [-0.25, -0.2) is 4.79 Å². The number of imide groups is 1. The van der Waals surface area contributed by atoms with Crippen LogP contribution in [0.3, 0.4) is 0 Å². The minimum absolute atomic E-state index is 0.0170. The molecule has 2 heterocycles. The highest BCUT2D eigenvalue weighted by atomic mass is 127. The van der Waals surface area contributed by atoms with Crippen LogP contribution in [0, 0.1) is 5.92 Å². The Balaban J connectivity index is 2.29. The second-order valence-electron chi connectivity index (χ2n) is 6.83. The summed E-state index contributed by atoms with van der Waals surface area (Å²) < 4.78 is 6.66. The summed E-state index contributed by atoms with van der Waals surface area (Å²) in [6, 6.07) is -0.111. The third kappa shape index (κ3) is 3.27. The molecule has 5 nitrogen and oxygen atoms in total. The molecule has 0 spiro atoms. The summed E-state index contributed by atoms with van der Waals surface area (Å²) in [6.07, 6.45) is 3.24. The normalized spacial score (nSPS) is 29.8. The zero-order chi connectivity index (χ0) is 16.5. The molecule has 0 aromatic carbocycles. The van der Waals surface area contributed by atoms with Gasteiger partial charge in [-0.3, -0.25) is 14.6 Å². The van der Waals surface area contributed by atoms with E-state index in [2.05, 4.69) is 36.4 Å². The van der Waals surface area contributed by atoms with Crippen LogP contribution in [0.15, 0.2) is 0 Å². The summed E-state index contributed by atoms with van der Waals surface area (Å²) in [5.74, 6) is 0.312. The largest absolute Gasteiger partial charge is 0.354 e. The van der Waals surface area contributed by atoms with Crippen molar-refractivity contribution in [2.75, 3.05) is 11.0 Å². The highest BCUT2D eigenvalue weighted by molar-refractivity contribution is 14.1. The second-order valence-corrected chi connectivity index (χ2v) is 7.71. The Kier molecular flexibility index (Phi) is 5.74. The first-order chi connectivity index (χ1) is 10.3. The van der Waals surface area contributed by atoms with Crippen LogP contribution in [-0.4, -0.2) is 50.6 Å². The number of likely N-dealkylation sites (tertiary alicyclic amines) is 1. The lowest BCUT2D eigenvalue weighted by Crippen LogP contribution is -2.59. The van der Waals surface area contributed by atoms with Gasteiger partial charge in [0.15, 0.2) is 0 Å². The molecule has 3 atom stereocenters. The quantitative estimate of drug-likeness (QED) is 0.518. The van der Waals surface area contributed by atoms with Gasteiger partial charge in [-0.1, -0.05) is 42.9 Å². The molecule has 2 fully saturated rings. The molecule has 0 aliphatic carbocycles. The number of alkyl halides is 1. The summed E-state index contributed by atoms with van der Waals surface area (Å²) in [7, 11) is 0. The van der Waals surface area contributed by atoms with Gasteiger partial charge in [0.2, 0.25) is 5.91 Å². The average Bonchev–Trinajstić information content (AvgIpc) is 2.80. The van der Waals surface area contributed by atoms with Crippen molar-refractivity contribution in [3.8, 4) is 0 Å². The molecule has 0 unspecified atom stereocenters. The molecular weight excluding hydrogens is 395 g/mol. The Hall–Kier alpha value is -0.370. The zero-order valence-corrected chi connectivity index (χ0v) is 16.1. The summed E-state index contributed by atoms with van der Waals surface area (Å²) in [5, 5.41) is 0. The molecule has 0 aromatic rings. The fraction of sp³-hybridized carbons (Fsp3) is 0.875. The van der Waals surface area contributed by atoms with Gasteiger partial charge in [-0.2, -0.15) is 0 Å². The predicted octanol–water partition coefficient (Wildman–Crippen LogP) is 3.41. The number of amides is 3. The second kappa shape index (κ2) is 7.03. The van der Waals surface area contributed by atoms with Crippen molar-refractivity contribution in [2.45, 2.75) is 71.2 Å². The molecule has 0 saturated carbocycles. The first-order valence-corrected chi connectivity index (χ1v) is 9.71. The number of piperidine rings is 1. The third-order valence-corrected chi connectivity index (χ3v) is 5.99. The van der Waals surface area contributed by atoms with E-state index in [1.807, 2.05) is 18.7 Å². The van der Waals surface area contributed by atoms with Crippen LogP contribution in [-0.2, 0) is 9.53 Å². The molecule has 2 rings (SSSR count). The van der Waals surface area contributed by atoms with Gasteiger partial charge < -0.3 is 4.74 Å². The standard InChI is InChI=1S/C16H27IN2O3/c1-5-11(2)13-10-22-16(3,4)19(13)15(21)18-12(9-17)7-6-8-14(18)20/h11-13H,5-10H2,1-4H3/t11-,12-,13-/m1/s1. The number of carbonyl (C=O) groups is 2. The summed E-state index contributed by atoms with van der Waals surface area (Å²) >= 11 is 2.27. The predicted molar refractivity (Wildman–Crippen MR) is 93.9 cm³/mol. The van der Waals surface area contributed by atoms with E-state index in [-0.39, 0.29) is 24.0 Å². The van der Waals surface area contributed by atoms with Crippen LogP contribution in [0.4, 0.5) is 4.79 Å². The van der Waals surface area contributed by atoms with Crippen molar-refractivity contribution in [3.05, 3.63) is 0 Å². The maximum atomic E-state index is 13.2. The van der Waals surface area contributed by atoms with Crippen LogP contribution in [0.2, 0.25) is 0 Å². The van der Waals surface area contributed by atoms with Gasteiger partial charge in [0, 0.05) is 10.8 Å². The number of halogens is 1. The zero-order valence-electron chi connectivity index (χ0n) is 14.0. The van der Waals surface area contributed by atoms with Crippen LogP contribution in [0.5, 0.6) is 0 Å². The minimum atomic E-state index is -0.654. The van der Waals surface area contributed by atoms with E-state index in [0.717, 1.165) is 23.7 Å². The molecule has 126 valence electrons. The number of hydrogen-bond donors (Lipinski definition) is 0. The summed E-state index contributed by atoms with van der Waals surface area (Å²) in [6.45, 7) is 8.65. The molecule has 0 radical (unpaired) electrons. The van der Waals surface area contributed by atoms with Crippen molar-refractivity contribution < 1.29 is 14.3 Å². The van der Waals surface area contributed by atoms with Gasteiger partial charge in [0.1, 0.15) is 5.72 Å². The number of urea groups is 1. The maximum absolute atomic E-state index is 13.2. The number of rotatable bonds is 3. The van der Waals surface area contributed by atoms with Gasteiger partial charge in [-0.15, -0.1) is 0 Å². The number of ether oxygens (including phenoxy) is 1. The van der Waals surface area contributed by atoms with Crippen molar-refractivity contribution >= 4 is 34.5 Å². The highest BCUT2D eigenvalue weighted by Gasteiger charge is 2.49. The van der Waals surface area contributed by atoms with E-state index in [1.54, 1.807) is 0 Å². The average molecular weight is 422 g/mol. The Labute approximate surface area is 146 Å². The number of carbonyl (C=O) groups excluding carboxylic acids is 2. The first kappa shape index (κ1) is 18.0. The molecule has 2 saturated heterocycles. The van der Waals surface area contributed by atoms with Gasteiger partial charge in [0.25, 0.3) is 0 Å². The fourth-order valence-corrected chi connectivity index (χ4v) is 4.20. The van der Waals surface area contributed by atoms with Crippen molar-refractivity contribution in [2.24, 2.45) is 5.92 Å². The molecule has 0 N–H and O–H groups in total. The van der Waals surface area contributed by atoms with Gasteiger partial charge >= 0.3 is 6.03 Å². The first-order valence-electron chi connectivity index (χ1n) is 8.18. The van der Waals surface area contributed by atoms with Crippen LogP contribution < -0.4 is 0 Å².